The van der Waals surface area contributed by atoms with Gasteiger partial charge in [0, 0.05) is 18.4 Å². The van der Waals surface area contributed by atoms with E-state index < -0.39 is 0 Å². The summed E-state index contributed by atoms with van der Waals surface area (Å²) in [5.41, 5.74) is 2.13. The molecule has 122 valence electrons. The SMILES string of the molecule is Cc1cn2c(c1C(=O)OC(C)C)C(C(=O)OC(C)C)CCC2. The van der Waals surface area contributed by atoms with Crippen LogP contribution in [0.3, 0.4) is 0 Å². The number of esters is 2. The summed E-state index contributed by atoms with van der Waals surface area (Å²) in [4.78, 5) is 24.8. The van der Waals surface area contributed by atoms with Gasteiger partial charge in [-0.15, -0.1) is 0 Å². The van der Waals surface area contributed by atoms with Crippen molar-refractivity contribution in [3.8, 4) is 0 Å². The smallest absolute Gasteiger partial charge is 0.340 e. The van der Waals surface area contributed by atoms with Crippen LogP contribution in [0.15, 0.2) is 6.20 Å². The molecule has 2 heterocycles. The van der Waals surface area contributed by atoms with Gasteiger partial charge in [-0.2, -0.15) is 0 Å². The van der Waals surface area contributed by atoms with E-state index in [-0.39, 0.29) is 30.1 Å². The number of aryl methyl sites for hydroxylation is 2. The first kappa shape index (κ1) is 16.6. The molecular formula is C17H25NO4. The predicted octanol–water partition coefficient (Wildman–Crippen LogP) is 3.19. The molecule has 0 spiro atoms. The molecule has 0 N–H and O–H groups in total. The third-order valence-electron chi connectivity index (χ3n) is 3.71. The zero-order valence-corrected chi connectivity index (χ0v) is 14.0. The van der Waals surface area contributed by atoms with Gasteiger partial charge in [0.15, 0.2) is 0 Å². The normalized spacial score (nSPS) is 17.5. The minimum atomic E-state index is -0.389. The van der Waals surface area contributed by atoms with E-state index in [2.05, 4.69) is 0 Å². The largest absolute Gasteiger partial charge is 0.462 e. The molecular weight excluding hydrogens is 282 g/mol. The summed E-state index contributed by atoms with van der Waals surface area (Å²) in [5, 5.41) is 0. The van der Waals surface area contributed by atoms with E-state index in [1.807, 2.05) is 45.4 Å². The van der Waals surface area contributed by atoms with Gasteiger partial charge < -0.3 is 14.0 Å². The summed E-state index contributed by atoms with van der Waals surface area (Å²) in [6.45, 7) is 10.0. The fourth-order valence-corrected chi connectivity index (χ4v) is 2.96. The van der Waals surface area contributed by atoms with Crippen molar-refractivity contribution in [1.82, 2.24) is 4.57 Å². The molecule has 2 rings (SSSR count). The molecule has 22 heavy (non-hydrogen) atoms. The molecule has 0 amide bonds. The van der Waals surface area contributed by atoms with Crippen molar-refractivity contribution >= 4 is 11.9 Å². The fraction of sp³-hybridized carbons (Fsp3) is 0.647. The van der Waals surface area contributed by atoms with Crippen LogP contribution in [0.5, 0.6) is 0 Å². The Hall–Kier alpha value is -1.78. The highest BCUT2D eigenvalue weighted by Crippen LogP contribution is 2.34. The Kier molecular flexibility index (Phi) is 4.94. The Labute approximate surface area is 131 Å². The molecule has 1 aliphatic rings. The Morgan fingerprint density at radius 1 is 1.18 bits per heavy atom. The molecule has 0 aliphatic carbocycles. The van der Waals surface area contributed by atoms with Crippen molar-refractivity contribution < 1.29 is 19.1 Å². The minimum absolute atomic E-state index is 0.162. The van der Waals surface area contributed by atoms with E-state index in [1.54, 1.807) is 0 Å². The molecule has 5 heteroatoms. The van der Waals surface area contributed by atoms with E-state index in [1.165, 1.54) is 0 Å². The van der Waals surface area contributed by atoms with E-state index in [0.29, 0.717) is 12.0 Å². The summed E-state index contributed by atoms with van der Waals surface area (Å²) in [7, 11) is 0. The third kappa shape index (κ3) is 3.34. The minimum Gasteiger partial charge on any atom is -0.462 e. The van der Waals surface area contributed by atoms with E-state index in [4.69, 9.17) is 9.47 Å². The number of carbonyl (C=O) groups excluding carboxylic acids is 2. The van der Waals surface area contributed by atoms with Gasteiger partial charge in [-0.05, 0) is 53.0 Å². The Bertz CT molecular complexity index is 571. The number of ether oxygens (including phenoxy) is 2. The summed E-state index contributed by atoms with van der Waals surface area (Å²) in [6, 6.07) is 0. The van der Waals surface area contributed by atoms with Crippen molar-refractivity contribution in [2.24, 2.45) is 0 Å². The molecule has 1 unspecified atom stereocenters. The fourth-order valence-electron chi connectivity index (χ4n) is 2.96. The highest BCUT2D eigenvalue weighted by molar-refractivity contribution is 5.95. The number of aromatic nitrogens is 1. The molecule has 1 atom stereocenters. The molecule has 0 saturated heterocycles. The van der Waals surface area contributed by atoms with Crippen molar-refractivity contribution in [2.75, 3.05) is 0 Å². The number of fused-ring (bicyclic) bond motifs is 1. The second-order valence-corrected chi connectivity index (χ2v) is 6.40. The lowest BCUT2D eigenvalue weighted by molar-refractivity contribution is -0.149. The summed E-state index contributed by atoms with van der Waals surface area (Å²) in [6.07, 6.45) is 3.19. The molecule has 5 nitrogen and oxygen atoms in total. The lowest BCUT2D eigenvalue weighted by Crippen LogP contribution is -2.27. The van der Waals surface area contributed by atoms with Gasteiger partial charge >= 0.3 is 11.9 Å². The monoisotopic (exact) mass is 307 g/mol. The maximum atomic E-state index is 12.4. The van der Waals surface area contributed by atoms with Crippen LogP contribution < -0.4 is 0 Å². The Morgan fingerprint density at radius 3 is 2.41 bits per heavy atom. The lowest BCUT2D eigenvalue weighted by Gasteiger charge is -2.25. The first-order valence-corrected chi connectivity index (χ1v) is 7.92. The number of nitrogens with zero attached hydrogens (tertiary/aromatic N) is 1. The van der Waals surface area contributed by atoms with Gasteiger partial charge in [-0.25, -0.2) is 4.79 Å². The first-order valence-electron chi connectivity index (χ1n) is 7.92. The summed E-state index contributed by atoms with van der Waals surface area (Å²) >= 11 is 0. The van der Waals surface area contributed by atoms with E-state index >= 15 is 0 Å². The van der Waals surface area contributed by atoms with Gasteiger partial charge in [-0.3, -0.25) is 4.79 Å². The number of hydrogen-bond acceptors (Lipinski definition) is 4. The number of carbonyl (C=O) groups is 2. The maximum Gasteiger partial charge on any atom is 0.340 e. The second-order valence-electron chi connectivity index (χ2n) is 6.40. The maximum absolute atomic E-state index is 12.4. The van der Waals surface area contributed by atoms with Crippen molar-refractivity contribution in [3.63, 3.8) is 0 Å². The second kappa shape index (κ2) is 6.55. The average molecular weight is 307 g/mol. The van der Waals surface area contributed by atoms with Gasteiger partial charge in [0.1, 0.15) is 0 Å². The van der Waals surface area contributed by atoms with Crippen molar-refractivity contribution in [2.45, 2.75) is 72.1 Å². The molecule has 0 fully saturated rings. The molecule has 0 bridgehead atoms. The highest BCUT2D eigenvalue weighted by atomic mass is 16.5. The molecule has 0 aromatic carbocycles. The van der Waals surface area contributed by atoms with Crippen LogP contribution in [0.25, 0.3) is 0 Å². The van der Waals surface area contributed by atoms with Gasteiger partial charge in [0.25, 0.3) is 0 Å². The molecule has 0 saturated carbocycles. The van der Waals surface area contributed by atoms with Crippen LogP contribution in [-0.2, 0) is 20.8 Å². The third-order valence-corrected chi connectivity index (χ3v) is 3.71. The standard InChI is InChI=1S/C17H25NO4/c1-10(2)21-16(19)13-7-6-8-18-9-12(5)14(15(13)18)17(20)22-11(3)4/h9-11,13H,6-8H2,1-5H3. The van der Waals surface area contributed by atoms with Crippen LogP contribution >= 0.6 is 0 Å². The molecule has 1 aromatic rings. The quantitative estimate of drug-likeness (QED) is 0.802. The topological polar surface area (TPSA) is 57.5 Å². The average Bonchev–Trinajstić information content (AvgIpc) is 2.72. The Balaban J connectivity index is 2.40. The zero-order chi connectivity index (χ0) is 16.4. The Morgan fingerprint density at radius 2 is 1.82 bits per heavy atom. The first-order chi connectivity index (χ1) is 10.3. The number of hydrogen-bond donors (Lipinski definition) is 0. The predicted molar refractivity (Wildman–Crippen MR) is 82.9 cm³/mol. The summed E-state index contributed by atoms with van der Waals surface area (Å²) < 4.78 is 12.7. The van der Waals surface area contributed by atoms with Crippen molar-refractivity contribution in [1.29, 1.82) is 0 Å². The van der Waals surface area contributed by atoms with Crippen molar-refractivity contribution in [3.05, 3.63) is 23.0 Å². The highest BCUT2D eigenvalue weighted by Gasteiger charge is 2.35. The van der Waals surface area contributed by atoms with E-state index in [0.717, 1.165) is 24.2 Å². The molecule has 1 aliphatic heterocycles. The van der Waals surface area contributed by atoms with E-state index in [9.17, 15) is 9.59 Å². The zero-order valence-electron chi connectivity index (χ0n) is 14.0. The van der Waals surface area contributed by atoms with Crippen LogP contribution in [0, 0.1) is 6.92 Å². The van der Waals surface area contributed by atoms with Crippen LogP contribution in [0.4, 0.5) is 0 Å². The van der Waals surface area contributed by atoms with Crippen LogP contribution in [0.2, 0.25) is 0 Å². The van der Waals surface area contributed by atoms with Crippen LogP contribution in [-0.4, -0.2) is 28.7 Å². The summed E-state index contributed by atoms with van der Waals surface area (Å²) in [5.74, 6) is -1.00. The van der Waals surface area contributed by atoms with Crippen LogP contribution in [0.1, 0.15) is 68.1 Å². The van der Waals surface area contributed by atoms with Gasteiger partial charge in [0.05, 0.1) is 23.7 Å². The molecule has 0 radical (unpaired) electrons. The van der Waals surface area contributed by atoms with Gasteiger partial charge in [-0.1, -0.05) is 0 Å². The number of rotatable bonds is 4. The lowest BCUT2D eigenvalue weighted by atomic mass is 9.92. The molecule has 1 aromatic heterocycles. The van der Waals surface area contributed by atoms with Gasteiger partial charge in [0.2, 0.25) is 0 Å².